The second-order valence-corrected chi connectivity index (χ2v) is 7.01. The van der Waals surface area contributed by atoms with Gasteiger partial charge in [0.1, 0.15) is 12.1 Å². The van der Waals surface area contributed by atoms with E-state index in [1.54, 1.807) is 39.1 Å². The number of carbonyl (C=O) groups is 2. The lowest BCUT2D eigenvalue weighted by Gasteiger charge is -2.12. The molecule has 0 aromatic carbocycles. The largest absolute Gasteiger partial charge is 0.468 e. The summed E-state index contributed by atoms with van der Waals surface area (Å²) in [5, 5.41) is 5.57. The molecule has 31 heavy (non-hydrogen) atoms. The van der Waals surface area contributed by atoms with Crippen LogP contribution in [0.3, 0.4) is 0 Å². The number of aromatic nitrogens is 2. The Morgan fingerprint density at radius 3 is 2.39 bits per heavy atom. The maximum atomic E-state index is 12.3. The summed E-state index contributed by atoms with van der Waals surface area (Å²) in [5.74, 6) is 0.284. The van der Waals surface area contributed by atoms with Gasteiger partial charge in [-0.15, -0.1) is 0 Å². The Morgan fingerprint density at radius 1 is 1.19 bits per heavy atom. The molecule has 1 amide bonds. The molecular weight excluding hydrogens is 413 g/mol. The Labute approximate surface area is 179 Å². The number of carbonyl (C=O) groups excluding carboxylic acids is 2. The van der Waals surface area contributed by atoms with E-state index in [4.69, 9.17) is 0 Å². The molecule has 0 saturated carbocycles. The molecule has 2 aromatic rings. The maximum Gasteiger partial charge on any atom is 0.422 e. The van der Waals surface area contributed by atoms with Crippen molar-refractivity contribution in [2.24, 2.45) is 5.92 Å². The van der Waals surface area contributed by atoms with Crippen LogP contribution >= 0.6 is 0 Å². The van der Waals surface area contributed by atoms with Crippen LogP contribution in [0.5, 0.6) is 5.88 Å². The van der Waals surface area contributed by atoms with Crippen LogP contribution in [0.25, 0.3) is 0 Å². The highest BCUT2D eigenvalue weighted by atomic mass is 19.4. The van der Waals surface area contributed by atoms with Crippen LogP contribution in [0, 0.1) is 19.8 Å². The Kier molecular flexibility index (Phi) is 9.91. The van der Waals surface area contributed by atoms with E-state index in [9.17, 15) is 22.8 Å². The first kappa shape index (κ1) is 25.9. The van der Waals surface area contributed by atoms with Gasteiger partial charge < -0.3 is 20.2 Å². The van der Waals surface area contributed by atoms with Gasteiger partial charge >= 0.3 is 6.18 Å². The number of rotatable bonds is 7. The van der Waals surface area contributed by atoms with Gasteiger partial charge in [0, 0.05) is 30.3 Å². The molecule has 0 spiro atoms. The van der Waals surface area contributed by atoms with Gasteiger partial charge in [-0.05, 0) is 31.5 Å². The van der Waals surface area contributed by atoms with Gasteiger partial charge in [0.15, 0.2) is 6.61 Å². The molecule has 7 nitrogen and oxygen atoms in total. The normalized spacial score (nSPS) is 10.7. The molecule has 0 radical (unpaired) electrons. The lowest BCUT2D eigenvalue weighted by Crippen LogP contribution is -2.24. The summed E-state index contributed by atoms with van der Waals surface area (Å²) in [5.41, 5.74) is 2.26. The first-order valence-electron chi connectivity index (χ1n) is 9.51. The minimum absolute atomic E-state index is 0.0597. The fourth-order valence-electron chi connectivity index (χ4n) is 2.16. The van der Waals surface area contributed by atoms with Crippen LogP contribution < -0.4 is 15.4 Å². The van der Waals surface area contributed by atoms with E-state index >= 15 is 0 Å². The summed E-state index contributed by atoms with van der Waals surface area (Å²) in [6.07, 6.45) is -3.52. The minimum Gasteiger partial charge on any atom is -0.468 e. The highest BCUT2D eigenvalue weighted by Gasteiger charge is 2.28. The zero-order chi connectivity index (χ0) is 23.6. The number of hydrogen-bond acceptors (Lipinski definition) is 6. The lowest BCUT2D eigenvalue weighted by atomic mass is 10.2. The van der Waals surface area contributed by atoms with Crippen LogP contribution in [0.15, 0.2) is 24.3 Å². The molecule has 0 saturated heterocycles. The predicted molar refractivity (Wildman–Crippen MR) is 111 cm³/mol. The Bertz CT molecular complexity index is 887. The predicted octanol–water partition coefficient (Wildman–Crippen LogP) is 3.85. The van der Waals surface area contributed by atoms with E-state index in [0.29, 0.717) is 22.8 Å². The summed E-state index contributed by atoms with van der Waals surface area (Å²) in [6, 6.07) is 6.19. The third-order valence-electron chi connectivity index (χ3n) is 3.72. The monoisotopic (exact) mass is 440 g/mol. The van der Waals surface area contributed by atoms with E-state index in [1.165, 1.54) is 6.07 Å². The molecule has 2 N–H and O–H groups in total. The molecule has 2 rings (SSSR count). The van der Waals surface area contributed by atoms with Crippen molar-refractivity contribution >= 4 is 18.0 Å². The van der Waals surface area contributed by atoms with Gasteiger partial charge in [-0.25, -0.2) is 9.97 Å². The zero-order valence-electron chi connectivity index (χ0n) is 18.1. The van der Waals surface area contributed by atoms with Crippen LogP contribution in [-0.4, -0.2) is 42.0 Å². The van der Waals surface area contributed by atoms with Gasteiger partial charge in [-0.3, -0.25) is 4.79 Å². The fourth-order valence-corrected chi connectivity index (χ4v) is 2.16. The fraction of sp³-hybridized carbons (Fsp3) is 0.429. The van der Waals surface area contributed by atoms with Gasteiger partial charge in [-0.1, -0.05) is 19.9 Å². The third kappa shape index (κ3) is 9.92. The molecule has 0 aliphatic heterocycles. The number of alkyl halides is 3. The van der Waals surface area contributed by atoms with Crippen LogP contribution in [-0.2, 0) is 11.3 Å². The molecule has 2 heterocycles. The highest BCUT2D eigenvalue weighted by Crippen LogP contribution is 2.18. The smallest absolute Gasteiger partial charge is 0.422 e. The Morgan fingerprint density at radius 2 is 1.84 bits per heavy atom. The first-order valence-corrected chi connectivity index (χ1v) is 9.51. The van der Waals surface area contributed by atoms with E-state index in [-0.39, 0.29) is 24.2 Å². The SMILES string of the molecule is CC(C)C=O.CNc1cc(C(=O)NCc2nc(OCC(F)(F)F)ccc2C)cc(C)n1. The summed E-state index contributed by atoms with van der Waals surface area (Å²) < 4.78 is 41.3. The van der Waals surface area contributed by atoms with E-state index < -0.39 is 12.8 Å². The van der Waals surface area contributed by atoms with Crippen molar-refractivity contribution in [3.63, 3.8) is 0 Å². The second kappa shape index (κ2) is 11.9. The second-order valence-electron chi connectivity index (χ2n) is 7.01. The van der Waals surface area contributed by atoms with Crippen molar-refractivity contribution in [3.8, 4) is 5.88 Å². The summed E-state index contributed by atoms with van der Waals surface area (Å²) in [6.45, 7) is 5.87. The van der Waals surface area contributed by atoms with E-state index in [2.05, 4.69) is 25.3 Å². The molecule has 0 aliphatic carbocycles. The number of pyridine rings is 2. The van der Waals surface area contributed by atoms with Crippen molar-refractivity contribution in [1.82, 2.24) is 15.3 Å². The lowest BCUT2D eigenvalue weighted by molar-refractivity contribution is -0.154. The number of ether oxygens (including phenoxy) is 1. The first-order chi connectivity index (χ1) is 14.4. The van der Waals surface area contributed by atoms with Crippen molar-refractivity contribution in [2.75, 3.05) is 19.0 Å². The topological polar surface area (TPSA) is 93.2 Å². The van der Waals surface area contributed by atoms with Gasteiger partial charge in [0.2, 0.25) is 5.88 Å². The number of hydrogen-bond donors (Lipinski definition) is 2. The molecule has 0 aliphatic rings. The quantitative estimate of drug-likeness (QED) is 0.636. The molecule has 170 valence electrons. The van der Waals surface area contributed by atoms with Gasteiger partial charge in [0.05, 0.1) is 12.2 Å². The number of amides is 1. The number of nitrogens with one attached hydrogen (secondary N) is 2. The number of nitrogens with zero attached hydrogens (tertiary/aromatic N) is 2. The highest BCUT2D eigenvalue weighted by molar-refractivity contribution is 5.94. The number of halogens is 3. The number of anilines is 1. The molecular formula is C21H27F3N4O3. The average Bonchev–Trinajstić information content (AvgIpc) is 2.71. The Balaban J connectivity index is 0.000000861. The molecule has 0 bridgehead atoms. The molecule has 10 heteroatoms. The summed E-state index contributed by atoms with van der Waals surface area (Å²) in [7, 11) is 1.70. The van der Waals surface area contributed by atoms with E-state index in [0.717, 1.165) is 11.8 Å². The van der Waals surface area contributed by atoms with Crippen molar-refractivity contribution in [3.05, 3.63) is 46.8 Å². The summed E-state index contributed by atoms with van der Waals surface area (Å²) in [4.78, 5) is 30.1. The standard InChI is InChI=1S/C17H19F3N4O2.C4H8O/c1-10-4-5-15(26-9-17(18,19)20)24-13(10)8-22-16(25)12-6-11(2)23-14(7-12)21-3;1-4(2)3-5/h4-7H,8-9H2,1-3H3,(H,21,23)(H,22,25);3-4H,1-2H3. The molecule has 0 fully saturated rings. The van der Waals surface area contributed by atoms with Crippen molar-refractivity contribution in [2.45, 2.75) is 40.4 Å². The Hall–Kier alpha value is -3.17. The third-order valence-corrected chi connectivity index (χ3v) is 3.72. The average molecular weight is 440 g/mol. The minimum atomic E-state index is -4.44. The number of aryl methyl sites for hydroxylation is 2. The molecule has 0 atom stereocenters. The van der Waals surface area contributed by atoms with Gasteiger partial charge in [0.25, 0.3) is 5.91 Å². The van der Waals surface area contributed by atoms with E-state index in [1.807, 2.05) is 13.8 Å². The maximum absolute atomic E-state index is 12.3. The summed E-state index contributed by atoms with van der Waals surface area (Å²) >= 11 is 0. The zero-order valence-corrected chi connectivity index (χ0v) is 18.1. The van der Waals surface area contributed by atoms with Crippen LogP contribution in [0.4, 0.5) is 19.0 Å². The van der Waals surface area contributed by atoms with Gasteiger partial charge in [-0.2, -0.15) is 13.2 Å². The number of aldehydes is 1. The van der Waals surface area contributed by atoms with Crippen LogP contribution in [0.1, 0.15) is 41.2 Å². The molecule has 0 unspecified atom stereocenters. The van der Waals surface area contributed by atoms with Crippen molar-refractivity contribution < 1.29 is 27.5 Å². The molecule has 2 aromatic heterocycles. The van der Waals surface area contributed by atoms with Crippen molar-refractivity contribution in [1.29, 1.82) is 0 Å². The van der Waals surface area contributed by atoms with Crippen LogP contribution in [0.2, 0.25) is 0 Å².